The smallest absolute Gasteiger partial charge is 0.262 e. The van der Waals surface area contributed by atoms with Crippen LogP contribution in [0.3, 0.4) is 0 Å². The van der Waals surface area contributed by atoms with Crippen LogP contribution in [0.4, 0.5) is 11.4 Å². The number of aryl methyl sites for hydroxylation is 2. The van der Waals surface area contributed by atoms with Crippen LogP contribution in [0.15, 0.2) is 77.0 Å². The molecule has 10 heteroatoms. The van der Waals surface area contributed by atoms with Crippen LogP contribution < -0.4 is 14.8 Å². The van der Waals surface area contributed by atoms with Crippen molar-refractivity contribution in [3.05, 3.63) is 87.7 Å². The standard InChI is InChI=1S/C25H22ClN3O4S2/c1-16-6-7-20(13-23(16)26)29-35(31,32)22-10-8-21(9-11-22)33-14-25(30)28-19-5-3-4-18(12-19)24-15-34-17(2)27-24/h3-13,15,29H,14H2,1-2H3,(H,28,30). The zero-order valence-corrected chi connectivity index (χ0v) is 21.3. The highest BCUT2D eigenvalue weighted by Gasteiger charge is 2.15. The molecule has 0 aliphatic carbocycles. The SMILES string of the molecule is Cc1nc(-c2cccc(NC(=O)COc3ccc(S(=O)(=O)Nc4ccc(C)c(Cl)c4)cc3)c2)cs1. The van der Waals surface area contributed by atoms with Crippen LogP contribution in [0.25, 0.3) is 11.3 Å². The molecule has 0 radical (unpaired) electrons. The Balaban J connectivity index is 1.34. The van der Waals surface area contributed by atoms with Crippen LogP contribution in [0.1, 0.15) is 10.6 Å². The van der Waals surface area contributed by atoms with Crippen LogP contribution in [-0.4, -0.2) is 25.9 Å². The number of anilines is 2. The highest BCUT2D eigenvalue weighted by atomic mass is 35.5. The van der Waals surface area contributed by atoms with E-state index in [4.69, 9.17) is 16.3 Å². The summed E-state index contributed by atoms with van der Waals surface area (Å²) in [6.07, 6.45) is 0. The first-order valence-electron chi connectivity index (χ1n) is 10.5. The van der Waals surface area contributed by atoms with Gasteiger partial charge in [0.1, 0.15) is 5.75 Å². The van der Waals surface area contributed by atoms with Crippen molar-refractivity contribution in [1.29, 1.82) is 0 Å². The van der Waals surface area contributed by atoms with Crippen molar-refractivity contribution in [3.63, 3.8) is 0 Å². The van der Waals surface area contributed by atoms with Gasteiger partial charge in [0, 0.05) is 21.7 Å². The number of aromatic nitrogens is 1. The van der Waals surface area contributed by atoms with E-state index in [9.17, 15) is 13.2 Å². The molecule has 0 aliphatic rings. The molecule has 4 rings (SSSR count). The highest BCUT2D eigenvalue weighted by Crippen LogP contribution is 2.25. The predicted molar refractivity (Wildman–Crippen MR) is 140 cm³/mol. The van der Waals surface area contributed by atoms with Gasteiger partial charge in [-0.25, -0.2) is 13.4 Å². The van der Waals surface area contributed by atoms with Crippen LogP contribution in [0.2, 0.25) is 5.02 Å². The van der Waals surface area contributed by atoms with Crippen molar-refractivity contribution in [1.82, 2.24) is 4.98 Å². The highest BCUT2D eigenvalue weighted by molar-refractivity contribution is 7.92. The van der Waals surface area contributed by atoms with Crippen molar-refractivity contribution in [2.45, 2.75) is 18.7 Å². The van der Waals surface area contributed by atoms with Gasteiger partial charge in [-0.1, -0.05) is 29.8 Å². The molecule has 7 nitrogen and oxygen atoms in total. The molecular weight excluding hydrogens is 506 g/mol. The molecular formula is C25H22ClN3O4S2. The topological polar surface area (TPSA) is 97.4 Å². The summed E-state index contributed by atoms with van der Waals surface area (Å²) in [5, 5.41) is 6.20. The summed E-state index contributed by atoms with van der Waals surface area (Å²) >= 11 is 7.63. The second-order valence-corrected chi connectivity index (χ2v) is 10.9. The van der Waals surface area contributed by atoms with Crippen molar-refractivity contribution >= 4 is 50.2 Å². The van der Waals surface area contributed by atoms with E-state index in [1.54, 1.807) is 35.6 Å². The van der Waals surface area contributed by atoms with E-state index >= 15 is 0 Å². The van der Waals surface area contributed by atoms with Gasteiger partial charge in [-0.15, -0.1) is 11.3 Å². The maximum absolute atomic E-state index is 12.6. The van der Waals surface area contributed by atoms with Crippen molar-refractivity contribution < 1.29 is 17.9 Å². The van der Waals surface area contributed by atoms with Crippen molar-refractivity contribution in [2.24, 2.45) is 0 Å². The zero-order chi connectivity index (χ0) is 25.0. The van der Waals surface area contributed by atoms with Gasteiger partial charge in [0.05, 0.1) is 21.3 Å². The third kappa shape index (κ3) is 6.39. The maximum atomic E-state index is 12.6. The maximum Gasteiger partial charge on any atom is 0.262 e. The number of amides is 1. The Hall–Kier alpha value is -3.40. The van der Waals surface area contributed by atoms with E-state index in [1.165, 1.54) is 24.3 Å². The fourth-order valence-corrected chi connectivity index (χ4v) is 5.04. The number of halogens is 1. The number of ether oxygens (including phenoxy) is 1. The van der Waals surface area contributed by atoms with Crippen LogP contribution >= 0.6 is 22.9 Å². The Kier molecular flexibility index (Phi) is 7.39. The Morgan fingerprint density at radius 2 is 1.80 bits per heavy atom. The minimum Gasteiger partial charge on any atom is -0.484 e. The molecule has 0 fully saturated rings. The van der Waals surface area contributed by atoms with Crippen molar-refractivity contribution in [2.75, 3.05) is 16.6 Å². The van der Waals surface area contributed by atoms with E-state index in [-0.39, 0.29) is 17.4 Å². The van der Waals surface area contributed by atoms with E-state index in [0.29, 0.717) is 22.1 Å². The lowest BCUT2D eigenvalue weighted by molar-refractivity contribution is -0.118. The van der Waals surface area contributed by atoms with Crippen LogP contribution in [-0.2, 0) is 14.8 Å². The third-order valence-electron chi connectivity index (χ3n) is 4.99. The van der Waals surface area contributed by atoms with Gasteiger partial charge < -0.3 is 10.1 Å². The minimum absolute atomic E-state index is 0.0556. The molecule has 35 heavy (non-hydrogen) atoms. The molecule has 1 amide bonds. The fraction of sp³-hybridized carbons (Fsp3) is 0.120. The summed E-state index contributed by atoms with van der Waals surface area (Å²) in [6.45, 7) is 3.54. The molecule has 3 aromatic carbocycles. The molecule has 1 aromatic heterocycles. The third-order valence-corrected chi connectivity index (χ3v) is 7.57. The van der Waals surface area contributed by atoms with Gasteiger partial charge in [-0.3, -0.25) is 9.52 Å². The number of carbonyl (C=O) groups excluding carboxylic acids is 1. The largest absolute Gasteiger partial charge is 0.484 e. The Morgan fingerprint density at radius 1 is 1.03 bits per heavy atom. The average Bonchev–Trinajstić information content (AvgIpc) is 3.27. The average molecular weight is 528 g/mol. The molecule has 0 bridgehead atoms. The van der Waals surface area contributed by atoms with E-state index in [2.05, 4.69) is 15.0 Å². The zero-order valence-electron chi connectivity index (χ0n) is 18.9. The number of nitrogens with one attached hydrogen (secondary N) is 2. The van der Waals surface area contributed by atoms with Gasteiger partial charge in [0.2, 0.25) is 0 Å². The van der Waals surface area contributed by atoms with Crippen LogP contribution in [0, 0.1) is 13.8 Å². The van der Waals surface area contributed by atoms with Crippen molar-refractivity contribution in [3.8, 4) is 17.0 Å². The summed E-state index contributed by atoms with van der Waals surface area (Å²) in [5.41, 5.74) is 3.61. The molecule has 4 aromatic rings. The molecule has 0 spiro atoms. The monoisotopic (exact) mass is 527 g/mol. The Morgan fingerprint density at radius 3 is 2.49 bits per heavy atom. The lowest BCUT2D eigenvalue weighted by atomic mass is 10.1. The number of hydrogen-bond acceptors (Lipinski definition) is 6. The normalized spacial score (nSPS) is 11.2. The number of carbonyl (C=O) groups is 1. The van der Waals surface area contributed by atoms with Crippen LogP contribution in [0.5, 0.6) is 5.75 Å². The second kappa shape index (κ2) is 10.5. The number of nitrogens with zero attached hydrogens (tertiary/aromatic N) is 1. The quantitative estimate of drug-likeness (QED) is 0.297. The number of rotatable bonds is 8. The number of thiazole rings is 1. The summed E-state index contributed by atoms with van der Waals surface area (Å²) in [6, 6.07) is 18.1. The van der Waals surface area contributed by atoms with E-state index in [0.717, 1.165) is 21.8 Å². The summed E-state index contributed by atoms with van der Waals surface area (Å²) in [7, 11) is -3.81. The first-order chi connectivity index (χ1) is 16.7. The second-order valence-electron chi connectivity index (χ2n) is 7.71. The first kappa shape index (κ1) is 24.7. The molecule has 1 heterocycles. The fourth-order valence-electron chi connectivity index (χ4n) is 3.18. The molecule has 0 saturated carbocycles. The van der Waals surface area contributed by atoms with Gasteiger partial charge in [0.15, 0.2) is 6.61 Å². The molecule has 0 saturated heterocycles. The predicted octanol–water partition coefficient (Wildman–Crippen LogP) is 5.90. The summed E-state index contributed by atoms with van der Waals surface area (Å²) in [5.74, 6) is 0.0235. The molecule has 0 unspecified atom stereocenters. The van der Waals surface area contributed by atoms with Gasteiger partial charge in [-0.2, -0.15) is 0 Å². The van der Waals surface area contributed by atoms with Gasteiger partial charge >= 0.3 is 0 Å². The lowest BCUT2D eigenvalue weighted by Crippen LogP contribution is -2.20. The molecule has 0 aliphatic heterocycles. The summed E-state index contributed by atoms with van der Waals surface area (Å²) in [4.78, 5) is 16.9. The Bertz CT molecular complexity index is 1470. The van der Waals surface area contributed by atoms with Gasteiger partial charge in [0.25, 0.3) is 15.9 Å². The number of sulfonamides is 1. The molecule has 180 valence electrons. The minimum atomic E-state index is -3.81. The number of benzene rings is 3. The van der Waals surface area contributed by atoms with E-state index in [1.807, 2.05) is 37.4 Å². The van der Waals surface area contributed by atoms with Gasteiger partial charge in [-0.05, 0) is 67.9 Å². The Labute approximate surface area is 212 Å². The molecule has 0 atom stereocenters. The number of hydrogen-bond donors (Lipinski definition) is 2. The van der Waals surface area contributed by atoms with E-state index < -0.39 is 10.0 Å². The summed E-state index contributed by atoms with van der Waals surface area (Å²) < 4.78 is 33.3. The first-order valence-corrected chi connectivity index (χ1v) is 13.3. The lowest BCUT2D eigenvalue weighted by Gasteiger charge is -2.11. The molecule has 2 N–H and O–H groups in total.